The third-order valence-electron chi connectivity index (χ3n) is 14.3. The number of rotatable bonds is 6. The van der Waals surface area contributed by atoms with Crippen molar-refractivity contribution in [1.29, 1.82) is 0 Å². The van der Waals surface area contributed by atoms with Crippen LogP contribution in [0.5, 0.6) is 0 Å². The summed E-state index contributed by atoms with van der Waals surface area (Å²) in [7, 11) is 0. The Morgan fingerprint density at radius 2 is 0.797 bits per heavy atom. The van der Waals surface area contributed by atoms with Gasteiger partial charge in [0.2, 0.25) is 0 Å². The SMILES string of the molecule is CC1(C)c2ccccc2-c2ccc(N(c3ccc(-c4oc(-c5ccccc5)c5c4C4(c6ccccc6-c6ccccc64)c4ccccc4-5)cc3)c3ccccc3-c3ccccc3)cc21. The number of fused-ring (bicyclic) bond motifs is 13. The highest BCUT2D eigenvalue weighted by molar-refractivity contribution is 6.02. The fraction of sp³-hybridized carbons (Fsp3) is 0.0645. The lowest BCUT2D eigenvalue weighted by atomic mass is 9.70. The highest BCUT2D eigenvalue weighted by Gasteiger charge is 2.55. The highest BCUT2D eigenvalue weighted by atomic mass is 16.3. The molecule has 0 radical (unpaired) electrons. The molecule has 9 aromatic carbocycles. The second-order valence-electron chi connectivity index (χ2n) is 17.9. The van der Waals surface area contributed by atoms with Crippen LogP contribution in [0.25, 0.3) is 67.2 Å². The van der Waals surface area contributed by atoms with Crippen molar-refractivity contribution < 1.29 is 4.42 Å². The lowest BCUT2D eigenvalue weighted by Gasteiger charge is -2.31. The van der Waals surface area contributed by atoms with Gasteiger partial charge in [-0.1, -0.05) is 196 Å². The molecule has 3 aliphatic carbocycles. The summed E-state index contributed by atoms with van der Waals surface area (Å²) in [6.45, 7) is 4.71. The van der Waals surface area contributed by atoms with Crippen LogP contribution in [0.2, 0.25) is 0 Å². The fourth-order valence-corrected chi connectivity index (χ4v) is 11.6. The van der Waals surface area contributed by atoms with Crippen molar-refractivity contribution in [2.75, 3.05) is 4.90 Å². The molecule has 0 N–H and O–H groups in total. The van der Waals surface area contributed by atoms with Gasteiger partial charge in [-0.25, -0.2) is 0 Å². The van der Waals surface area contributed by atoms with Gasteiger partial charge < -0.3 is 9.32 Å². The van der Waals surface area contributed by atoms with E-state index in [2.05, 4.69) is 243 Å². The molecule has 0 saturated carbocycles. The Hall–Kier alpha value is -7.94. The smallest absolute Gasteiger partial charge is 0.142 e. The van der Waals surface area contributed by atoms with Crippen molar-refractivity contribution in [1.82, 2.24) is 0 Å². The number of benzene rings is 9. The van der Waals surface area contributed by atoms with Crippen molar-refractivity contribution >= 4 is 17.1 Å². The molecule has 2 nitrogen and oxygen atoms in total. The Morgan fingerprint density at radius 1 is 0.344 bits per heavy atom. The number of anilines is 3. The summed E-state index contributed by atoms with van der Waals surface area (Å²) in [5, 5.41) is 0. The zero-order valence-electron chi connectivity index (χ0n) is 35.7. The van der Waals surface area contributed by atoms with E-state index < -0.39 is 5.41 Å². The summed E-state index contributed by atoms with van der Waals surface area (Å²) in [4.78, 5) is 2.44. The van der Waals surface area contributed by atoms with Crippen LogP contribution in [0.15, 0.2) is 229 Å². The predicted octanol–water partition coefficient (Wildman–Crippen LogP) is 16.4. The Morgan fingerprint density at radius 3 is 1.44 bits per heavy atom. The van der Waals surface area contributed by atoms with Crippen LogP contribution in [-0.2, 0) is 10.8 Å². The minimum Gasteiger partial charge on any atom is -0.455 e. The summed E-state index contributed by atoms with van der Waals surface area (Å²) in [6.07, 6.45) is 0. The van der Waals surface area contributed by atoms with Crippen LogP contribution >= 0.6 is 0 Å². The largest absolute Gasteiger partial charge is 0.455 e. The quantitative estimate of drug-likeness (QED) is 0.166. The molecule has 1 aromatic heterocycles. The normalized spacial score (nSPS) is 14.0. The molecule has 10 aromatic rings. The van der Waals surface area contributed by atoms with Gasteiger partial charge in [0.05, 0.1) is 11.1 Å². The van der Waals surface area contributed by atoms with E-state index in [1.807, 2.05) is 0 Å². The molecule has 0 fully saturated rings. The zero-order chi connectivity index (χ0) is 42.6. The average Bonchev–Trinajstić information content (AvgIpc) is 4.05. The molecule has 0 saturated heterocycles. The van der Waals surface area contributed by atoms with Gasteiger partial charge in [0, 0.05) is 44.6 Å². The van der Waals surface area contributed by atoms with E-state index in [0.29, 0.717) is 0 Å². The van der Waals surface area contributed by atoms with E-state index in [9.17, 15) is 0 Å². The average molecular weight is 818 g/mol. The van der Waals surface area contributed by atoms with Crippen LogP contribution < -0.4 is 4.90 Å². The van der Waals surface area contributed by atoms with E-state index in [0.717, 1.165) is 39.7 Å². The van der Waals surface area contributed by atoms with Crippen molar-refractivity contribution in [3.8, 4) is 67.2 Å². The maximum atomic E-state index is 7.37. The van der Waals surface area contributed by atoms with Crippen molar-refractivity contribution in [3.05, 3.63) is 258 Å². The third kappa shape index (κ3) is 5.02. The van der Waals surface area contributed by atoms with Gasteiger partial charge in [0.25, 0.3) is 0 Å². The zero-order valence-corrected chi connectivity index (χ0v) is 35.7. The molecular weight excluding hydrogens is 775 g/mol. The molecule has 0 unspecified atom stereocenters. The molecule has 2 heteroatoms. The maximum absolute atomic E-state index is 7.37. The molecule has 0 bridgehead atoms. The standard InChI is InChI=1S/C62H43NO/c1-61(2)51-28-14-9-24-46(51)49-38-37-44(39-55(49)61)63(56-32-18-13-23-45(56)40-19-5-3-6-20-40)43-35-33-42(34-36-43)60-58-57(59(64-60)41-21-7-4-8-22-41)50-27-12-17-31-54(50)62(58)52-29-15-10-25-47(52)48-26-11-16-30-53(48)62/h3-39H,1-2H3. The minimum absolute atomic E-state index is 0.141. The van der Waals surface area contributed by atoms with Gasteiger partial charge in [-0.3, -0.25) is 0 Å². The maximum Gasteiger partial charge on any atom is 0.142 e. The Bertz CT molecular complexity index is 3420. The van der Waals surface area contributed by atoms with E-state index in [-0.39, 0.29) is 5.41 Å². The van der Waals surface area contributed by atoms with Crippen molar-refractivity contribution in [2.24, 2.45) is 0 Å². The number of para-hydroxylation sites is 1. The van der Waals surface area contributed by atoms with Crippen LogP contribution in [0.4, 0.5) is 17.1 Å². The summed E-state index contributed by atoms with van der Waals surface area (Å²) < 4.78 is 7.37. The Balaban J connectivity index is 1.04. The van der Waals surface area contributed by atoms with Crippen molar-refractivity contribution in [3.63, 3.8) is 0 Å². The molecule has 64 heavy (non-hydrogen) atoms. The first-order valence-corrected chi connectivity index (χ1v) is 22.3. The summed E-state index contributed by atoms with van der Waals surface area (Å²) in [5.41, 5.74) is 22.5. The first kappa shape index (κ1) is 36.7. The van der Waals surface area contributed by atoms with Crippen LogP contribution in [-0.4, -0.2) is 0 Å². The van der Waals surface area contributed by atoms with Crippen LogP contribution in [0, 0.1) is 0 Å². The van der Waals surface area contributed by atoms with Gasteiger partial charge in [0.1, 0.15) is 11.5 Å². The van der Waals surface area contributed by atoms with Crippen molar-refractivity contribution in [2.45, 2.75) is 24.7 Å². The molecule has 1 heterocycles. The second-order valence-corrected chi connectivity index (χ2v) is 17.9. The predicted molar refractivity (Wildman–Crippen MR) is 264 cm³/mol. The minimum atomic E-state index is -0.556. The third-order valence-corrected chi connectivity index (χ3v) is 14.3. The van der Waals surface area contributed by atoms with Crippen LogP contribution in [0.1, 0.15) is 47.2 Å². The lowest BCUT2D eigenvalue weighted by molar-refractivity contribution is 0.588. The molecule has 0 atom stereocenters. The highest BCUT2D eigenvalue weighted by Crippen LogP contribution is 2.67. The van der Waals surface area contributed by atoms with Crippen LogP contribution in [0.3, 0.4) is 0 Å². The molecule has 0 amide bonds. The molecular formula is C62H43NO. The molecule has 3 aliphatic rings. The number of furan rings is 1. The monoisotopic (exact) mass is 817 g/mol. The van der Waals surface area contributed by atoms with Gasteiger partial charge in [-0.15, -0.1) is 0 Å². The molecule has 0 aliphatic heterocycles. The second kappa shape index (κ2) is 13.8. The first-order valence-electron chi connectivity index (χ1n) is 22.3. The summed E-state index contributed by atoms with van der Waals surface area (Å²) >= 11 is 0. The van der Waals surface area contributed by atoms with Gasteiger partial charge in [0.15, 0.2) is 0 Å². The van der Waals surface area contributed by atoms with Gasteiger partial charge >= 0.3 is 0 Å². The van der Waals surface area contributed by atoms with E-state index in [1.54, 1.807) is 0 Å². The number of nitrogens with zero attached hydrogens (tertiary/aromatic N) is 1. The van der Waals surface area contributed by atoms with E-state index in [1.165, 1.54) is 77.9 Å². The number of hydrogen-bond acceptors (Lipinski definition) is 2. The fourth-order valence-electron chi connectivity index (χ4n) is 11.6. The first-order chi connectivity index (χ1) is 31.5. The molecule has 302 valence electrons. The Labute approximate surface area is 374 Å². The van der Waals surface area contributed by atoms with E-state index in [4.69, 9.17) is 4.42 Å². The summed E-state index contributed by atoms with van der Waals surface area (Å²) in [5.74, 6) is 1.80. The van der Waals surface area contributed by atoms with E-state index >= 15 is 0 Å². The molecule has 1 spiro atoms. The van der Waals surface area contributed by atoms with Gasteiger partial charge in [-0.05, 0) is 104 Å². The number of hydrogen-bond donors (Lipinski definition) is 0. The van der Waals surface area contributed by atoms with Gasteiger partial charge in [-0.2, -0.15) is 0 Å². The lowest BCUT2D eigenvalue weighted by Crippen LogP contribution is -2.26. The topological polar surface area (TPSA) is 16.4 Å². The molecule has 13 rings (SSSR count). The Kier molecular flexibility index (Phi) is 7.90. The summed E-state index contributed by atoms with van der Waals surface area (Å²) in [6, 6.07) is 82.2.